The molecule has 1 aliphatic heterocycles. The van der Waals surface area contributed by atoms with Gasteiger partial charge in [0.15, 0.2) is 0 Å². The fourth-order valence-electron chi connectivity index (χ4n) is 4.03. The summed E-state index contributed by atoms with van der Waals surface area (Å²) in [5.41, 5.74) is 8.07. The Morgan fingerprint density at radius 2 is 1.95 bits per heavy atom. The molecular formula is C29H39N7O3S. The van der Waals surface area contributed by atoms with Gasteiger partial charge in [-0.05, 0) is 43.7 Å². The zero-order chi connectivity index (χ0) is 28.7. The number of carbonyl (C=O) groups excluding carboxylic acids is 2. The molecule has 10 nitrogen and oxygen atoms in total. The predicted molar refractivity (Wildman–Crippen MR) is 160 cm³/mol. The minimum atomic E-state index is -0.377. The minimum Gasteiger partial charge on any atom is -0.396 e. The van der Waals surface area contributed by atoms with E-state index in [1.807, 2.05) is 52.3 Å². The Morgan fingerprint density at radius 1 is 1.20 bits per heavy atom. The molecule has 2 amide bonds. The van der Waals surface area contributed by atoms with Crippen molar-refractivity contribution in [3.05, 3.63) is 73.1 Å². The van der Waals surface area contributed by atoms with E-state index in [-0.39, 0.29) is 37.6 Å². The molecule has 0 radical (unpaired) electrons. The van der Waals surface area contributed by atoms with Crippen molar-refractivity contribution in [1.29, 1.82) is 0 Å². The van der Waals surface area contributed by atoms with Crippen molar-refractivity contribution in [3.8, 4) is 11.3 Å². The molecule has 1 saturated heterocycles. The maximum absolute atomic E-state index is 12.7. The third-order valence-corrected chi connectivity index (χ3v) is 7.10. The first-order valence-electron chi connectivity index (χ1n) is 13.4. The van der Waals surface area contributed by atoms with Gasteiger partial charge in [0.05, 0.1) is 18.4 Å². The van der Waals surface area contributed by atoms with Crippen LogP contribution in [0.15, 0.2) is 78.0 Å². The van der Waals surface area contributed by atoms with Gasteiger partial charge in [0, 0.05) is 67.3 Å². The quantitative estimate of drug-likeness (QED) is 0.118. The Balaban J connectivity index is 1.51. The van der Waals surface area contributed by atoms with Crippen LogP contribution in [0.2, 0.25) is 0 Å². The van der Waals surface area contributed by atoms with Gasteiger partial charge >= 0.3 is 0 Å². The number of hydrogen-bond acceptors (Lipinski definition) is 9. The van der Waals surface area contributed by atoms with E-state index in [2.05, 4.69) is 27.2 Å². The molecule has 3 rings (SSSR count). The van der Waals surface area contributed by atoms with Gasteiger partial charge in [0.2, 0.25) is 17.8 Å². The largest absolute Gasteiger partial charge is 0.396 e. The van der Waals surface area contributed by atoms with Crippen LogP contribution in [0.3, 0.4) is 0 Å². The molecule has 40 heavy (non-hydrogen) atoms. The lowest BCUT2D eigenvalue weighted by molar-refractivity contribution is -0.132. The number of nitrogens with two attached hydrogens (primary N) is 1. The molecular weight excluding hydrogens is 526 g/mol. The summed E-state index contributed by atoms with van der Waals surface area (Å²) in [6.07, 6.45) is 9.43. The lowest BCUT2D eigenvalue weighted by atomic mass is 10.1. The van der Waals surface area contributed by atoms with Gasteiger partial charge < -0.3 is 26.4 Å². The maximum atomic E-state index is 12.7. The van der Waals surface area contributed by atoms with Crippen LogP contribution < -0.4 is 16.4 Å². The van der Waals surface area contributed by atoms with Gasteiger partial charge in [-0.2, -0.15) is 0 Å². The van der Waals surface area contributed by atoms with Crippen molar-refractivity contribution in [3.63, 3.8) is 0 Å². The van der Waals surface area contributed by atoms with Crippen molar-refractivity contribution >= 4 is 29.5 Å². The van der Waals surface area contributed by atoms with Crippen LogP contribution in [0, 0.1) is 0 Å². The van der Waals surface area contributed by atoms with Gasteiger partial charge in [-0.1, -0.05) is 30.9 Å². The van der Waals surface area contributed by atoms with Crippen LogP contribution in [0.1, 0.15) is 19.8 Å². The molecule has 1 aliphatic rings. The topological polar surface area (TPSA) is 137 Å². The highest BCUT2D eigenvalue weighted by atomic mass is 32.2. The first-order valence-corrected chi connectivity index (χ1v) is 14.3. The summed E-state index contributed by atoms with van der Waals surface area (Å²) in [5, 5.41) is 14.8. The van der Waals surface area contributed by atoms with Crippen LogP contribution in [0.25, 0.3) is 11.3 Å². The number of nitrogens with zero attached hydrogens (tertiary/aromatic N) is 4. The fourth-order valence-corrected chi connectivity index (χ4v) is 4.86. The zero-order valence-corrected chi connectivity index (χ0v) is 23.8. The third kappa shape index (κ3) is 10.6. The van der Waals surface area contributed by atoms with Crippen LogP contribution >= 0.6 is 11.8 Å². The number of nitrogens with one attached hydrogen (secondary N) is 2. The molecule has 2 heterocycles. The Bertz CT molecular complexity index is 1180. The molecule has 0 aliphatic carbocycles. The summed E-state index contributed by atoms with van der Waals surface area (Å²) >= 11 is 1.71. The number of benzene rings is 1. The average molecular weight is 566 g/mol. The molecule has 1 atom stereocenters. The van der Waals surface area contributed by atoms with E-state index in [0.717, 1.165) is 28.3 Å². The van der Waals surface area contributed by atoms with Gasteiger partial charge in [-0.15, -0.1) is 11.8 Å². The van der Waals surface area contributed by atoms with Crippen LogP contribution in [-0.2, 0) is 9.59 Å². The number of aliphatic hydroxyl groups is 1. The normalized spacial score (nSPS) is 15.2. The van der Waals surface area contributed by atoms with E-state index >= 15 is 0 Å². The van der Waals surface area contributed by atoms with Gasteiger partial charge in [0.25, 0.3) is 0 Å². The first kappa shape index (κ1) is 31.0. The van der Waals surface area contributed by atoms with Crippen molar-refractivity contribution in [2.45, 2.75) is 30.8 Å². The van der Waals surface area contributed by atoms with E-state index in [1.54, 1.807) is 37.0 Å². The highest BCUT2D eigenvalue weighted by Crippen LogP contribution is 2.24. The number of allylic oxidation sites excluding steroid dienone is 3. The SMILES string of the molecule is C=C/C=C(\C=C/CC(=O)N1CCN(CC(=O)NC(C)N)CC1)Nc1nccc(-c2ccc(SCCCO)cc2)n1. The lowest BCUT2D eigenvalue weighted by Gasteiger charge is -2.34. The second-order valence-corrected chi connectivity index (χ2v) is 10.5. The number of hydrogen-bond donors (Lipinski definition) is 4. The molecule has 0 saturated carbocycles. The van der Waals surface area contributed by atoms with Crippen LogP contribution in [0.4, 0.5) is 5.95 Å². The lowest BCUT2D eigenvalue weighted by Crippen LogP contribution is -2.52. The number of aliphatic hydroxyl groups excluding tert-OH is 1. The zero-order valence-electron chi connectivity index (χ0n) is 23.0. The van der Waals surface area contributed by atoms with E-state index < -0.39 is 0 Å². The average Bonchev–Trinajstić information content (AvgIpc) is 2.94. The van der Waals surface area contributed by atoms with Gasteiger partial charge in [0.1, 0.15) is 0 Å². The monoisotopic (exact) mass is 565 g/mol. The number of rotatable bonds is 14. The van der Waals surface area contributed by atoms with E-state index in [9.17, 15) is 9.59 Å². The number of aromatic nitrogens is 2. The second-order valence-electron chi connectivity index (χ2n) is 9.32. The predicted octanol–water partition coefficient (Wildman–Crippen LogP) is 2.61. The van der Waals surface area contributed by atoms with Crippen molar-refractivity contribution in [2.24, 2.45) is 5.73 Å². The number of piperazine rings is 1. The number of carbonyl (C=O) groups is 2. The van der Waals surface area contributed by atoms with E-state index in [4.69, 9.17) is 10.8 Å². The Labute approximate surface area is 240 Å². The summed E-state index contributed by atoms with van der Waals surface area (Å²) in [7, 11) is 0. The first-order chi connectivity index (χ1) is 19.4. The summed E-state index contributed by atoms with van der Waals surface area (Å²) in [5.74, 6) is 1.24. The van der Waals surface area contributed by atoms with Crippen LogP contribution in [-0.4, -0.2) is 87.9 Å². The molecule has 214 valence electrons. The molecule has 5 N–H and O–H groups in total. The summed E-state index contributed by atoms with van der Waals surface area (Å²) < 4.78 is 0. The standard InChI is InChI=1S/C29H39N7O3S/c1-3-6-24(7-4-8-28(39)36-17-15-35(16-18-36)21-27(38)32-22(2)30)33-29-31-14-13-26(34-29)23-9-11-25(12-10-23)40-20-5-19-37/h3-4,6-7,9-14,22,37H,1,5,8,15-21,30H2,2H3,(H,32,38)(H,31,33,34)/b7-4-,24-6+. The molecule has 11 heteroatoms. The van der Waals surface area contributed by atoms with Gasteiger partial charge in [-0.25, -0.2) is 9.97 Å². The molecule has 0 bridgehead atoms. The van der Waals surface area contributed by atoms with Crippen molar-refractivity contribution < 1.29 is 14.7 Å². The molecule has 1 aromatic carbocycles. The number of anilines is 1. The number of amides is 2. The van der Waals surface area contributed by atoms with Crippen LogP contribution in [0.5, 0.6) is 0 Å². The molecule has 0 spiro atoms. The Kier molecular flexibility index (Phi) is 12.8. The molecule has 1 unspecified atom stereocenters. The molecule has 1 fully saturated rings. The van der Waals surface area contributed by atoms with Crippen molar-refractivity contribution in [1.82, 2.24) is 25.1 Å². The second kappa shape index (κ2) is 16.6. The van der Waals surface area contributed by atoms with E-state index in [0.29, 0.717) is 37.8 Å². The third-order valence-electron chi connectivity index (χ3n) is 6.00. The van der Waals surface area contributed by atoms with Gasteiger partial charge in [-0.3, -0.25) is 14.5 Å². The smallest absolute Gasteiger partial charge is 0.235 e. The Hall–Kier alpha value is -3.51. The van der Waals surface area contributed by atoms with Crippen molar-refractivity contribution in [2.75, 3.05) is 50.4 Å². The fraction of sp³-hybridized carbons (Fsp3) is 0.379. The highest BCUT2D eigenvalue weighted by molar-refractivity contribution is 7.99. The van der Waals surface area contributed by atoms with E-state index in [1.165, 1.54) is 0 Å². The summed E-state index contributed by atoms with van der Waals surface area (Å²) in [4.78, 5) is 38.6. The minimum absolute atomic E-state index is 0.0325. The molecule has 2 aromatic rings. The maximum Gasteiger partial charge on any atom is 0.235 e. The molecule has 1 aromatic heterocycles. The highest BCUT2D eigenvalue weighted by Gasteiger charge is 2.21. The Morgan fingerprint density at radius 3 is 2.62 bits per heavy atom. The summed E-state index contributed by atoms with van der Waals surface area (Å²) in [6, 6.07) is 10.0. The number of thioether (sulfide) groups is 1. The summed E-state index contributed by atoms with van der Waals surface area (Å²) in [6.45, 7) is 8.42.